The average Bonchev–Trinajstić information content (AvgIpc) is 2.48. The van der Waals surface area contributed by atoms with Crippen molar-refractivity contribution in [3.63, 3.8) is 0 Å². The highest BCUT2D eigenvalue weighted by atomic mass is 79.9. The van der Waals surface area contributed by atoms with E-state index in [1.807, 2.05) is 24.3 Å². The van der Waals surface area contributed by atoms with Crippen LogP contribution in [-0.4, -0.2) is 31.7 Å². The molecule has 5 heteroatoms. The fraction of sp³-hybridized carbons (Fsp3) is 0.533. The quantitative estimate of drug-likeness (QED) is 0.866. The van der Waals surface area contributed by atoms with Crippen LogP contribution in [0.5, 0.6) is 0 Å². The molecule has 0 saturated carbocycles. The van der Waals surface area contributed by atoms with Crippen molar-refractivity contribution in [1.82, 2.24) is 5.32 Å². The van der Waals surface area contributed by atoms with Crippen LogP contribution in [0.2, 0.25) is 0 Å². The third kappa shape index (κ3) is 4.58. The van der Waals surface area contributed by atoms with Gasteiger partial charge in [0, 0.05) is 23.7 Å². The van der Waals surface area contributed by atoms with Gasteiger partial charge in [0.1, 0.15) is 0 Å². The highest BCUT2D eigenvalue weighted by molar-refractivity contribution is 9.10. The van der Waals surface area contributed by atoms with Crippen LogP contribution in [0.1, 0.15) is 19.8 Å². The lowest BCUT2D eigenvalue weighted by Crippen LogP contribution is -2.40. The summed E-state index contributed by atoms with van der Waals surface area (Å²) in [5, 5.41) is 6.20. The summed E-state index contributed by atoms with van der Waals surface area (Å²) in [7, 11) is 0. The summed E-state index contributed by atoms with van der Waals surface area (Å²) < 4.78 is 6.25. The van der Waals surface area contributed by atoms with E-state index in [1.165, 1.54) is 0 Å². The number of hydrogen-bond donors (Lipinski definition) is 2. The molecule has 2 rings (SSSR count). The Morgan fingerprint density at radius 1 is 1.40 bits per heavy atom. The Morgan fingerprint density at radius 2 is 2.10 bits per heavy atom. The van der Waals surface area contributed by atoms with Gasteiger partial charge in [-0.2, -0.15) is 0 Å². The van der Waals surface area contributed by atoms with Crippen molar-refractivity contribution in [2.24, 2.45) is 5.92 Å². The van der Waals surface area contributed by atoms with E-state index >= 15 is 0 Å². The van der Waals surface area contributed by atoms with Crippen molar-refractivity contribution in [2.75, 3.05) is 25.1 Å². The van der Waals surface area contributed by atoms with Gasteiger partial charge in [0.25, 0.3) is 0 Å². The van der Waals surface area contributed by atoms with Gasteiger partial charge in [-0.3, -0.25) is 4.79 Å². The molecule has 1 fully saturated rings. The first kappa shape index (κ1) is 15.5. The largest absolute Gasteiger partial charge is 0.381 e. The highest BCUT2D eigenvalue weighted by Crippen LogP contribution is 2.21. The zero-order valence-electron chi connectivity index (χ0n) is 11.7. The van der Waals surface area contributed by atoms with Crippen molar-refractivity contribution < 1.29 is 9.53 Å². The van der Waals surface area contributed by atoms with Crippen molar-refractivity contribution >= 4 is 27.5 Å². The smallest absolute Gasteiger partial charge is 0.238 e. The number of para-hydroxylation sites is 1. The lowest BCUT2D eigenvalue weighted by molar-refractivity contribution is -0.115. The molecule has 1 aromatic carbocycles. The maximum atomic E-state index is 11.9. The maximum Gasteiger partial charge on any atom is 0.238 e. The molecule has 0 aliphatic carbocycles. The molecular weight excluding hydrogens is 320 g/mol. The number of carbonyl (C=O) groups is 1. The lowest BCUT2D eigenvalue weighted by atomic mass is 9.93. The van der Waals surface area contributed by atoms with Crippen molar-refractivity contribution in [2.45, 2.75) is 25.8 Å². The van der Waals surface area contributed by atoms with Gasteiger partial charge >= 0.3 is 0 Å². The molecule has 1 heterocycles. The van der Waals surface area contributed by atoms with E-state index in [0.29, 0.717) is 18.5 Å². The van der Waals surface area contributed by atoms with Crippen LogP contribution in [0.3, 0.4) is 0 Å². The van der Waals surface area contributed by atoms with Crippen molar-refractivity contribution in [1.29, 1.82) is 0 Å². The summed E-state index contributed by atoms with van der Waals surface area (Å²) in [6.45, 7) is 4.14. The van der Waals surface area contributed by atoms with Crippen LogP contribution in [0.15, 0.2) is 28.7 Å². The van der Waals surface area contributed by atoms with Crippen LogP contribution in [0.25, 0.3) is 0 Å². The summed E-state index contributed by atoms with van der Waals surface area (Å²) in [5.74, 6) is 0.579. The molecule has 0 aromatic heterocycles. The Balaban J connectivity index is 1.76. The van der Waals surface area contributed by atoms with E-state index in [9.17, 15) is 4.79 Å². The van der Waals surface area contributed by atoms with Crippen LogP contribution in [-0.2, 0) is 9.53 Å². The molecule has 1 aliphatic heterocycles. The molecule has 1 unspecified atom stereocenters. The maximum absolute atomic E-state index is 11.9. The summed E-state index contributed by atoms with van der Waals surface area (Å²) in [4.78, 5) is 11.9. The van der Waals surface area contributed by atoms with Gasteiger partial charge < -0.3 is 15.4 Å². The molecule has 110 valence electrons. The van der Waals surface area contributed by atoms with Crippen molar-refractivity contribution in [3.05, 3.63) is 28.7 Å². The predicted molar refractivity (Wildman–Crippen MR) is 83.8 cm³/mol. The number of nitrogens with one attached hydrogen (secondary N) is 2. The second-order valence-electron chi connectivity index (χ2n) is 5.15. The third-order valence-corrected chi connectivity index (χ3v) is 4.40. The standard InChI is InChI=1S/C15H21BrN2O2/c1-11(12-6-8-20-9-7-12)17-10-15(19)18-14-5-3-2-4-13(14)16/h2-5,11-12,17H,6-10H2,1H3,(H,18,19). The number of rotatable bonds is 5. The van der Waals surface area contributed by atoms with E-state index in [0.717, 1.165) is 36.2 Å². The van der Waals surface area contributed by atoms with Gasteiger partial charge in [-0.1, -0.05) is 12.1 Å². The van der Waals surface area contributed by atoms with Gasteiger partial charge in [0.2, 0.25) is 5.91 Å². The first-order valence-corrected chi connectivity index (χ1v) is 7.81. The van der Waals surface area contributed by atoms with E-state index in [2.05, 4.69) is 33.5 Å². The lowest BCUT2D eigenvalue weighted by Gasteiger charge is -2.28. The number of ether oxygens (including phenoxy) is 1. The molecule has 2 N–H and O–H groups in total. The molecule has 1 amide bonds. The molecule has 0 bridgehead atoms. The zero-order valence-corrected chi connectivity index (χ0v) is 13.3. The number of carbonyl (C=O) groups excluding carboxylic acids is 1. The van der Waals surface area contributed by atoms with Crippen LogP contribution < -0.4 is 10.6 Å². The van der Waals surface area contributed by atoms with Crippen LogP contribution in [0.4, 0.5) is 5.69 Å². The van der Waals surface area contributed by atoms with E-state index in [4.69, 9.17) is 4.74 Å². The minimum absolute atomic E-state index is 0.0178. The summed E-state index contributed by atoms with van der Waals surface area (Å²) in [5.41, 5.74) is 0.804. The fourth-order valence-corrected chi connectivity index (χ4v) is 2.78. The van der Waals surface area contributed by atoms with Gasteiger partial charge in [0.15, 0.2) is 0 Å². The monoisotopic (exact) mass is 340 g/mol. The average molecular weight is 341 g/mol. The van der Waals surface area contributed by atoms with E-state index in [1.54, 1.807) is 0 Å². The number of anilines is 1. The summed E-state index contributed by atoms with van der Waals surface area (Å²) in [6.07, 6.45) is 2.14. The summed E-state index contributed by atoms with van der Waals surface area (Å²) in [6, 6.07) is 7.95. The Kier molecular flexibility index (Phi) is 6.01. The Labute approximate surface area is 128 Å². The molecule has 0 radical (unpaired) electrons. The molecule has 20 heavy (non-hydrogen) atoms. The molecule has 0 spiro atoms. The highest BCUT2D eigenvalue weighted by Gasteiger charge is 2.20. The molecule has 1 saturated heterocycles. The Morgan fingerprint density at radius 3 is 2.80 bits per heavy atom. The first-order valence-electron chi connectivity index (χ1n) is 7.02. The predicted octanol–water partition coefficient (Wildman–Crippen LogP) is 2.79. The zero-order chi connectivity index (χ0) is 14.4. The number of amides is 1. The molecular formula is C15H21BrN2O2. The van der Waals surface area contributed by atoms with Crippen molar-refractivity contribution in [3.8, 4) is 0 Å². The fourth-order valence-electron chi connectivity index (χ4n) is 2.39. The molecule has 1 atom stereocenters. The number of hydrogen-bond acceptors (Lipinski definition) is 3. The molecule has 4 nitrogen and oxygen atoms in total. The SMILES string of the molecule is CC(NCC(=O)Nc1ccccc1Br)C1CCOCC1. The number of benzene rings is 1. The summed E-state index contributed by atoms with van der Waals surface area (Å²) >= 11 is 3.42. The van der Waals surface area contributed by atoms with Gasteiger partial charge in [-0.05, 0) is 53.7 Å². The third-order valence-electron chi connectivity index (χ3n) is 3.71. The second-order valence-corrected chi connectivity index (χ2v) is 6.00. The normalized spacial score (nSPS) is 17.7. The molecule has 1 aliphatic rings. The number of halogens is 1. The van der Waals surface area contributed by atoms with Gasteiger partial charge in [-0.15, -0.1) is 0 Å². The minimum Gasteiger partial charge on any atom is -0.381 e. The molecule has 1 aromatic rings. The topological polar surface area (TPSA) is 50.4 Å². The van der Waals surface area contributed by atoms with Crippen LogP contribution in [0, 0.1) is 5.92 Å². The minimum atomic E-state index is -0.0178. The van der Waals surface area contributed by atoms with Crippen LogP contribution >= 0.6 is 15.9 Å². The van der Waals surface area contributed by atoms with Gasteiger partial charge in [0.05, 0.1) is 12.2 Å². The van der Waals surface area contributed by atoms with Gasteiger partial charge in [-0.25, -0.2) is 0 Å². The second kappa shape index (κ2) is 7.76. The Bertz CT molecular complexity index is 447. The van der Waals surface area contributed by atoms with E-state index < -0.39 is 0 Å². The van der Waals surface area contributed by atoms with E-state index in [-0.39, 0.29) is 5.91 Å². The first-order chi connectivity index (χ1) is 9.66. The Hall–Kier alpha value is -0.910.